The fraction of sp³-hybridized carbons (Fsp3) is 0.889. The van der Waals surface area contributed by atoms with Gasteiger partial charge in [0.15, 0.2) is 0 Å². The van der Waals surface area contributed by atoms with Gasteiger partial charge in [-0.1, -0.05) is 90.2 Å². The van der Waals surface area contributed by atoms with Crippen molar-refractivity contribution in [1.29, 1.82) is 0 Å². The zero-order valence-electron chi connectivity index (χ0n) is 21.4. The second-order valence-electron chi connectivity index (χ2n) is 9.78. The van der Waals surface area contributed by atoms with Crippen molar-refractivity contribution >= 4 is 5.97 Å². The highest BCUT2D eigenvalue weighted by Crippen LogP contribution is 2.09. The zero-order valence-corrected chi connectivity index (χ0v) is 21.4. The molecule has 0 bridgehead atoms. The van der Waals surface area contributed by atoms with E-state index in [1.807, 2.05) is 0 Å². The van der Waals surface area contributed by atoms with Crippen molar-refractivity contribution < 1.29 is 14.4 Å². The Morgan fingerprint density at radius 3 is 1.47 bits per heavy atom. The van der Waals surface area contributed by atoms with Gasteiger partial charge in [0.05, 0.1) is 27.7 Å². The molecule has 0 amide bonds. The Balaban J connectivity index is 0. The summed E-state index contributed by atoms with van der Waals surface area (Å²) in [5.74, 6) is -0.914. The molecule has 0 N–H and O–H groups in total. The number of rotatable bonds is 20. The van der Waals surface area contributed by atoms with Crippen molar-refractivity contribution in [2.75, 3.05) is 27.7 Å². The van der Waals surface area contributed by atoms with Crippen LogP contribution in [0.15, 0.2) is 12.2 Å². The van der Waals surface area contributed by atoms with Crippen LogP contribution in [0.5, 0.6) is 0 Å². The smallest absolute Gasteiger partial charge is 0.0780 e. The van der Waals surface area contributed by atoms with E-state index >= 15 is 0 Å². The van der Waals surface area contributed by atoms with E-state index in [-0.39, 0.29) is 6.42 Å². The van der Waals surface area contributed by atoms with Crippen LogP contribution in [0.2, 0.25) is 0 Å². The Kier molecular flexibility index (Phi) is 25.5. The third-order valence-corrected chi connectivity index (χ3v) is 5.33. The van der Waals surface area contributed by atoms with Crippen LogP contribution in [0.3, 0.4) is 0 Å². The lowest BCUT2D eigenvalue weighted by molar-refractivity contribution is -0.870. The van der Waals surface area contributed by atoms with Crippen LogP contribution in [0, 0.1) is 0 Å². The first-order valence-electron chi connectivity index (χ1n) is 13.0. The fourth-order valence-corrected chi connectivity index (χ4v) is 3.35. The van der Waals surface area contributed by atoms with Crippen molar-refractivity contribution in [2.45, 2.75) is 129 Å². The summed E-state index contributed by atoms with van der Waals surface area (Å²) in [6, 6.07) is 0. The van der Waals surface area contributed by atoms with Gasteiger partial charge >= 0.3 is 0 Å². The lowest BCUT2D eigenvalue weighted by Gasteiger charge is -2.23. The molecular formula is C27H55NO2. The largest absolute Gasteiger partial charge is 0.550 e. The predicted molar refractivity (Wildman–Crippen MR) is 132 cm³/mol. The van der Waals surface area contributed by atoms with Gasteiger partial charge in [-0.25, -0.2) is 0 Å². The van der Waals surface area contributed by atoms with Crippen molar-refractivity contribution in [3.8, 4) is 0 Å². The third-order valence-electron chi connectivity index (χ3n) is 5.33. The summed E-state index contributed by atoms with van der Waals surface area (Å²) >= 11 is 0. The molecule has 0 saturated carbocycles. The first-order valence-corrected chi connectivity index (χ1v) is 13.0. The highest BCUT2D eigenvalue weighted by atomic mass is 16.4. The minimum atomic E-state index is -0.914. The quantitative estimate of drug-likeness (QED) is 0.119. The van der Waals surface area contributed by atoms with Gasteiger partial charge in [0, 0.05) is 5.97 Å². The molecule has 0 aliphatic heterocycles. The molecule has 3 nitrogen and oxygen atoms in total. The molecule has 3 heteroatoms. The molecule has 0 aliphatic carbocycles. The molecular weight excluding hydrogens is 370 g/mol. The van der Waals surface area contributed by atoms with E-state index in [4.69, 9.17) is 0 Å². The number of allylic oxidation sites excluding steroid dienone is 2. The zero-order chi connectivity index (χ0) is 22.9. The number of nitrogens with zero attached hydrogens (tertiary/aromatic N) is 1. The summed E-state index contributed by atoms with van der Waals surface area (Å²) in [6.45, 7) is 5.83. The van der Waals surface area contributed by atoms with Gasteiger partial charge in [-0.3, -0.25) is 0 Å². The molecule has 0 aromatic heterocycles. The van der Waals surface area contributed by atoms with Gasteiger partial charge in [-0.15, -0.1) is 0 Å². The topological polar surface area (TPSA) is 40.1 Å². The first-order chi connectivity index (χ1) is 14.3. The lowest BCUT2D eigenvalue weighted by Crippen LogP contribution is -2.35. The molecule has 180 valence electrons. The Morgan fingerprint density at radius 2 is 1.03 bits per heavy atom. The minimum Gasteiger partial charge on any atom is -0.550 e. The van der Waals surface area contributed by atoms with Crippen LogP contribution >= 0.6 is 0 Å². The standard InChI is InChI=1S/C18H34O2.C9H22N/c1-2-3-4-5-6-7-8-9-10-11-12-13-14-15-16-17-18(19)20;1-5-6-7-8-9-10(2,3)4/h9-10H,2-8,11-17H2,1H3,(H,19,20);5-9H2,1-4H3/q;+1/p-1. The van der Waals surface area contributed by atoms with Crippen LogP contribution in [0.4, 0.5) is 0 Å². The summed E-state index contributed by atoms with van der Waals surface area (Å²) in [7, 11) is 6.77. The Hall–Kier alpha value is -0.830. The number of hydrogen-bond acceptors (Lipinski definition) is 2. The maximum Gasteiger partial charge on any atom is 0.0780 e. The van der Waals surface area contributed by atoms with E-state index in [1.165, 1.54) is 96.4 Å². The molecule has 0 spiro atoms. The molecule has 0 unspecified atom stereocenters. The molecule has 0 rings (SSSR count). The summed E-state index contributed by atoms with van der Waals surface area (Å²) in [4.78, 5) is 10.2. The average Bonchev–Trinajstić information content (AvgIpc) is 2.68. The van der Waals surface area contributed by atoms with Crippen LogP contribution in [0.1, 0.15) is 129 Å². The highest BCUT2D eigenvalue weighted by molar-refractivity contribution is 5.63. The number of carboxylic acid groups (broad SMARTS) is 1. The van der Waals surface area contributed by atoms with Crippen LogP contribution in [-0.4, -0.2) is 38.1 Å². The van der Waals surface area contributed by atoms with E-state index in [0.29, 0.717) is 0 Å². The van der Waals surface area contributed by atoms with Gasteiger partial charge in [0.25, 0.3) is 0 Å². The summed E-state index contributed by atoms with van der Waals surface area (Å²) < 4.78 is 1.11. The van der Waals surface area contributed by atoms with Gasteiger partial charge < -0.3 is 14.4 Å². The summed E-state index contributed by atoms with van der Waals surface area (Å²) in [6.07, 6.45) is 26.4. The normalized spacial score (nSPS) is 11.5. The molecule has 0 aliphatic rings. The highest BCUT2D eigenvalue weighted by Gasteiger charge is 2.04. The van der Waals surface area contributed by atoms with Gasteiger partial charge in [0.1, 0.15) is 0 Å². The van der Waals surface area contributed by atoms with Crippen molar-refractivity contribution in [3.05, 3.63) is 12.2 Å². The van der Waals surface area contributed by atoms with Crippen LogP contribution < -0.4 is 5.11 Å². The first kappa shape index (κ1) is 31.4. The van der Waals surface area contributed by atoms with Gasteiger partial charge in [0.2, 0.25) is 0 Å². The SMILES string of the molecule is CCCCCCCCC=CCCCCCCCC(=O)[O-].CCCCCC[N+](C)(C)C. The average molecular weight is 426 g/mol. The third kappa shape index (κ3) is 34.7. The van der Waals surface area contributed by atoms with E-state index in [9.17, 15) is 9.90 Å². The molecule has 0 aromatic rings. The van der Waals surface area contributed by atoms with Crippen molar-refractivity contribution in [1.82, 2.24) is 0 Å². The fourth-order valence-electron chi connectivity index (χ4n) is 3.35. The maximum absolute atomic E-state index is 10.2. The van der Waals surface area contributed by atoms with E-state index < -0.39 is 5.97 Å². The molecule has 0 radical (unpaired) electrons. The molecule has 0 heterocycles. The number of carboxylic acids is 1. The number of unbranched alkanes of at least 4 members (excludes halogenated alkanes) is 14. The van der Waals surface area contributed by atoms with Gasteiger partial charge in [-0.05, 0) is 51.4 Å². The number of carbonyl (C=O) groups is 1. The van der Waals surface area contributed by atoms with E-state index in [0.717, 1.165) is 23.7 Å². The van der Waals surface area contributed by atoms with E-state index in [2.05, 4.69) is 47.1 Å². The number of quaternary nitrogens is 1. The number of hydrogen-bond donors (Lipinski definition) is 0. The van der Waals surface area contributed by atoms with Crippen molar-refractivity contribution in [3.63, 3.8) is 0 Å². The molecule has 0 aromatic carbocycles. The second kappa shape index (κ2) is 24.4. The Morgan fingerprint density at radius 1 is 0.633 bits per heavy atom. The summed E-state index contributed by atoms with van der Waals surface area (Å²) in [5.41, 5.74) is 0. The molecule has 0 fully saturated rings. The predicted octanol–water partition coefficient (Wildman–Crippen LogP) is 7.05. The van der Waals surface area contributed by atoms with Gasteiger partial charge in [-0.2, -0.15) is 0 Å². The summed E-state index contributed by atoms with van der Waals surface area (Å²) in [5, 5.41) is 10.2. The number of aliphatic carboxylic acids is 1. The van der Waals surface area contributed by atoms with Crippen LogP contribution in [0.25, 0.3) is 0 Å². The minimum absolute atomic E-state index is 0.220. The maximum atomic E-state index is 10.2. The van der Waals surface area contributed by atoms with Crippen LogP contribution in [-0.2, 0) is 4.79 Å². The molecule has 30 heavy (non-hydrogen) atoms. The Bertz CT molecular complexity index is 372. The van der Waals surface area contributed by atoms with E-state index in [1.54, 1.807) is 0 Å². The lowest BCUT2D eigenvalue weighted by atomic mass is 10.1. The Labute approximate surface area is 189 Å². The number of carbonyl (C=O) groups excluding carboxylic acids is 1. The molecule has 0 saturated heterocycles. The monoisotopic (exact) mass is 425 g/mol. The van der Waals surface area contributed by atoms with Crippen molar-refractivity contribution in [2.24, 2.45) is 0 Å². The second-order valence-corrected chi connectivity index (χ2v) is 9.78. The molecule has 0 atom stereocenters.